The number of amides is 1. The number of piperidine rings is 1. The first-order valence-corrected chi connectivity index (χ1v) is 7.58. The zero-order chi connectivity index (χ0) is 13.8. The molecule has 1 atom stereocenters. The molecule has 2 aliphatic rings. The summed E-state index contributed by atoms with van der Waals surface area (Å²) in [6.07, 6.45) is 7.56. The molecule has 5 nitrogen and oxygen atoms in total. The summed E-state index contributed by atoms with van der Waals surface area (Å²) in [5, 5.41) is 6.13. The Hall–Kier alpha value is -1.04. The number of aromatic nitrogens is 1. The van der Waals surface area contributed by atoms with Crippen LogP contribution in [0.2, 0.25) is 0 Å². The molecule has 2 N–H and O–H groups in total. The number of halogens is 2. The van der Waals surface area contributed by atoms with Crippen LogP contribution in [-0.2, 0) is 4.79 Å². The molecule has 3 rings (SSSR count). The van der Waals surface area contributed by atoms with Gasteiger partial charge in [-0.05, 0) is 50.8 Å². The van der Waals surface area contributed by atoms with Crippen molar-refractivity contribution < 1.29 is 4.79 Å². The fraction of sp³-hybridized carbons (Fsp3) is 0.600. The second-order valence-electron chi connectivity index (χ2n) is 5.59. The second-order valence-corrected chi connectivity index (χ2v) is 5.59. The molecule has 22 heavy (non-hydrogen) atoms. The molecule has 1 aromatic heterocycles. The van der Waals surface area contributed by atoms with Gasteiger partial charge < -0.3 is 15.5 Å². The molecule has 1 amide bonds. The minimum atomic E-state index is -0.0447. The van der Waals surface area contributed by atoms with E-state index < -0.39 is 0 Å². The third-order valence-corrected chi connectivity index (χ3v) is 4.07. The third-order valence-electron chi connectivity index (χ3n) is 4.07. The van der Waals surface area contributed by atoms with Gasteiger partial charge in [-0.15, -0.1) is 24.8 Å². The fourth-order valence-corrected chi connectivity index (χ4v) is 2.91. The Kier molecular flexibility index (Phi) is 7.93. The monoisotopic (exact) mass is 346 g/mol. The molecule has 2 fully saturated rings. The van der Waals surface area contributed by atoms with Gasteiger partial charge in [-0.25, -0.2) is 4.98 Å². The summed E-state index contributed by atoms with van der Waals surface area (Å²) in [6, 6.07) is 3.91. The van der Waals surface area contributed by atoms with E-state index in [1.54, 1.807) is 6.20 Å². The number of nitrogens with zero attached hydrogens (tertiary/aromatic N) is 2. The Labute approximate surface area is 144 Å². The van der Waals surface area contributed by atoms with Crippen molar-refractivity contribution in [2.24, 2.45) is 0 Å². The molecule has 7 heteroatoms. The van der Waals surface area contributed by atoms with E-state index in [-0.39, 0.29) is 36.8 Å². The van der Waals surface area contributed by atoms with E-state index in [2.05, 4.69) is 20.5 Å². The van der Waals surface area contributed by atoms with Crippen molar-refractivity contribution in [3.63, 3.8) is 0 Å². The van der Waals surface area contributed by atoms with Crippen LogP contribution in [0.5, 0.6) is 0 Å². The normalized spacial score (nSPS) is 20.7. The van der Waals surface area contributed by atoms with Gasteiger partial charge in [0.25, 0.3) is 0 Å². The highest BCUT2D eigenvalue weighted by Crippen LogP contribution is 2.19. The summed E-state index contributed by atoms with van der Waals surface area (Å²) in [5.41, 5.74) is 0.782. The number of carbonyl (C=O) groups is 1. The number of pyridine rings is 1. The summed E-state index contributed by atoms with van der Waals surface area (Å²) in [5.74, 6) is 1.07. The van der Waals surface area contributed by atoms with Crippen molar-refractivity contribution in [3.8, 4) is 0 Å². The molecule has 1 aromatic rings. The molecular formula is C15H24Cl2N4O. The predicted molar refractivity (Wildman–Crippen MR) is 94.5 cm³/mol. The largest absolute Gasteiger partial charge is 0.357 e. The second kappa shape index (κ2) is 9.18. The molecule has 0 saturated carbocycles. The lowest BCUT2D eigenvalue weighted by atomic mass is 10.1. The smallest absolute Gasteiger partial charge is 0.241 e. The molecule has 3 heterocycles. The van der Waals surface area contributed by atoms with Crippen LogP contribution in [0.25, 0.3) is 0 Å². The van der Waals surface area contributed by atoms with Gasteiger partial charge in [0, 0.05) is 13.1 Å². The number of rotatable bonds is 3. The van der Waals surface area contributed by atoms with Gasteiger partial charge in [0.2, 0.25) is 5.91 Å². The van der Waals surface area contributed by atoms with Gasteiger partial charge in [0.1, 0.15) is 5.82 Å². The van der Waals surface area contributed by atoms with Gasteiger partial charge in [-0.2, -0.15) is 0 Å². The topological polar surface area (TPSA) is 57.3 Å². The van der Waals surface area contributed by atoms with E-state index in [1.807, 2.05) is 12.1 Å². The lowest BCUT2D eigenvalue weighted by Crippen LogP contribution is -2.35. The highest BCUT2D eigenvalue weighted by Gasteiger charge is 2.22. The molecule has 0 radical (unpaired) electrons. The first-order chi connectivity index (χ1) is 9.83. The van der Waals surface area contributed by atoms with Crippen LogP contribution >= 0.6 is 24.8 Å². The molecule has 2 saturated heterocycles. The molecule has 0 spiro atoms. The maximum absolute atomic E-state index is 12.0. The van der Waals surface area contributed by atoms with Crippen LogP contribution in [0.4, 0.5) is 11.5 Å². The van der Waals surface area contributed by atoms with Crippen LogP contribution in [0.1, 0.15) is 32.1 Å². The zero-order valence-corrected chi connectivity index (χ0v) is 14.2. The molecule has 124 valence electrons. The SMILES string of the molecule is Cl.Cl.O=C(Nc1ccc(N2CCCCC2)nc1)[C@@H]1CCCN1. The number of hydrogen-bond donors (Lipinski definition) is 2. The summed E-state index contributed by atoms with van der Waals surface area (Å²) in [4.78, 5) is 18.8. The Balaban J connectivity index is 0.00000121. The van der Waals surface area contributed by atoms with Crippen molar-refractivity contribution in [1.29, 1.82) is 0 Å². The summed E-state index contributed by atoms with van der Waals surface area (Å²) in [7, 11) is 0. The standard InChI is InChI=1S/C15H22N4O.2ClH/c20-15(13-5-4-8-16-13)18-12-6-7-14(17-11-12)19-9-2-1-3-10-19;;/h6-7,11,13,16H,1-5,8-10H2,(H,18,20);2*1H/t13-;;/m0../s1. The van der Waals surface area contributed by atoms with Gasteiger partial charge in [-0.1, -0.05) is 0 Å². The fourth-order valence-electron chi connectivity index (χ4n) is 2.91. The van der Waals surface area contributed by atoms with Crippen molar-refractivity contribution in [2.45, 2.75) is 38.1 Å². The quantitative estimate of drug-likeness (QED) is 0.883. The molecular weight excluding hydrogens is 323 g/mol. The summed E-state index contributed by atoms with van der Waals surface area (Å²) >= 11 is 0. The molecule has 0 unspecified atom stereocenters. The molecule has 0 aliphatic carbocycles. The minimum absolute atomic E-state index is 0. The molecule has 2 aliphatic heterocycles. The minimum Gasteiger partial charge on any atom is -0.357 e. The average molecular weight is 347 g/mol. The highest BCUT2D eigenvalue weighted by molar-refractivity contribution is 5.94. The van der Waals surface area contributed by atoms with Crippen LogP contribution in [0.3, 0.4) is 0 Å². The van der Waals surface area contributed by atoms with E-state index in [4.69, 9.17) is 0 Å². The van der Waals surface area contributed by atoms with Crippen LogP contribution < -0.4 is 15.5 Å². The Morgan fingerprint density at radius 1 is 1.18 bits per heavy atom. The average Bonchev–Trinajstić information content (AvgIpc) is 3.03. The first kappa shape index (κ1) is 19.0. The number of nitrogens with one attached hydrogen (secondary N) is 2. The lowest BCUT2D eigenvalue weighted by Gasteiger charge is -2.27. The van der Waals surface area contributed by atoms with E-state index >= 15 is 0 Å². The van der Waals surface area contributed by atoms with Gasteiger partial charge >= 0.3 is 0 Å². The van der Waals surface area contributed by atoms with E-state index in [0.29, 0.717) is 0 Å². The van der Waals surface area contributed by atoms with Crippen molar-refractivity contribution in [3.05, 3.63) is 18.3 Å². The number of hydrogen-bond acceptors (Lipinski definition) is 4. The van der Waals surface area contributed by atoms with E-state index in [9.17, 15) is 4.79 Å². The maximum atomic E-state index is 12.0. The van der Waals surface area contributed by atoms with Crippen LogP contribution in [0.15, 0.2) is 18.3 Å². The van der Waals surface area contributed by atoms with Gasteiger partial charge in [-0.3, -0.25) is 4.79 Å². The lowest BCUT2D eigenvalue weighted by molar-refractivity contribution is -0.117. The zero-order valence-electron chi connectivity index (χ0n) is 12.6. The van der Waals surface area contributed by atoms with Gasteiger partial charge in [0.05, 0.1) is 17.9 Å². The third kappa shape index (κ3) is 4.73. The number of anilines is 2. The summed E-state index contributed by atoms with van der Waals surface area (Å²) in [6.45, 7) is 3.11. The van der Waals surface area contributed by atoms with Crippen molar-refractivity contribution in [2.75, 3.05) is 29.9 Å². The van der Waals surface area contributed by atoms with E-state index in [1.165, 1.54) is 19.3 Å². The highest BCUT2D eigenvalue weighted by atomic mass is 35.5. The Morgan fingerprint density at radius 2 is 1.95 bits per heavy atom. The summed E-state index contributed by atoms with van der Waals surface area (Å²) < 4.78 is 0. The molecule has 0 bridgehead atoms. The molecule has 0 aromatic carbocycles. The first-order valence-electron chi connectivity index (χ1n) is 7.58. The van der Waals surface area contributed by atoms with Crippen LogP contribution in [0, 0.1) is 0 Å². The maximum Gasteiger partial charge on any atom is 0.241 e. The van der Waals surface area contributed by atoms with Crippen LogP contribution in [-0.4, -0.2) is 36.6 Å². The number of carbonyl (C=O) groups excluding carboxylic acids is 1. The predicted octanol–water partition coefficient (Wildman–Crippen LogP) is 2.61. The Bertz CT molecular complexity index is 457. The van der Waals surface area contributed by atoms with Crippen molar-refractivity contribution in [1.82, 2.24) is 10.3 Å². The Morgan fingerprint density at radius 3 is 2.55 bits per heavy atom. The van der Waals surface area contributed by atoms with Crippen molar-refractivity contribution >= 4 is 42.2 Å². The van der Waals surface area contributed by atoms with E-state index in [0.717, 1.165) is 44.0 Å². The van der Waals surface area contributed by atoms with Gasteiger partial charge in [0.15, 0.2) is 0 Å².